The van der Waals surface area contributed by atoms with Crippen molar-refractivity contribution in [1.82, 2.24) is 5.32 Å². The molecule has 0 saturated heterocycles. The summed E-state index contributed by atoms with van der Waals surface area (Å²) in [5.41, 5.74) is -0.678. The van der Waals surface area contributed by atoms with E-state index < -0.39 is 102 Å². The Morgan fingerprint density at radius 3 is 2.08 bits per heavy atom. The zero-order valence-electron chi connectivity index (χ0n) is 26.6. The molecule has 268 valence electrons. The largest absolute Gasteiger partial charge is 0.482 e. The van der Waals surface area contributed by atoms with Crippen LogP contribution >= 0.6 is 11.6 Å². The van der Waals surface area contributed by atoms with E-state index in [0.29, 0.717) is 0 Å². The summed E-state index contributed by atoms with van der Waals surface area (Å²) in [6.07, 6.45) is -7.85. The van der Waals surface area contributed by atoms with Gasteiger partial charge in [0.2, 0.25) is 17.5 Å². The molecule has 1 amide bonds. The number of hydrogen-bond donors (Lipinski definition) is 2. The minimum absolute atomic E-state index is 0.0128. The maximum atomic E-state index is 15.3. The van der Waals surface area contributed by atoms with E-state index in [-0.39, 0.29) is 21.9 Å². The van der Waals surface area contributed by atoms with E-state index in [4.69, 9.17) is 21.4 Å². The van der Waals surface area contributed by atoms with Crippen LogP contribution in [0.5, 0.6) is 5.75 Å². The highest BCUT2D eigenvalue weighted by Gasteiger charge is 2.46. The molecule has 0 bridgehead atoms. The van der Waals surface area contributed by atoms with Gasteiger partial charge in [0.05, 0.1) is 0 Å². The second-order valence-electron chi connectivity index (χ2n) is 11.8. The van der Waals surface area contributed by atoms with Crippen LogP contribution in [0, 0.1) is 23.6 Å². The normalized spacial score (nSPS) is 13.6. The van der Waals surface area contributed by atoms with Gasteiger partial charge in [0.1, 0.15) is 17.6 Å². The number of carbonyl (C=O) groups excluding carboxylic acids is 4. The van der Waals surface area contributed by atoms with E-state index in [1.807, 2.05) is 0 Å². The molecule has 0 saturated carbocycles. The molecule has 0 radical (unpaired) electrons. The number of nitrogens with one attached hydrogen (secondary N) is 1. The first kappa shape index (κ1) is 39.7. The van der Waals surface area contributed by atoms with E-state index in [9.17, 15) is 41.5 Å². The smallest absolute Gasteiger partial charge is 0.450 e. The average molecular weight is 728 g/mol. The Kier molecular flexibility index (Phi) is 13.3. The number of carboxylic acid groups (broad SMARTS) is 1. The molecule has 0 heterocycles. The van der Waals surface area contributed by atoms with Gasteiger partial charge in [0, 0.05) is 35.3 Å². The average Bonchev–Trinajstić information content (AvgIpc) is 3.04. The van der Waals surface area contributed by atoms with Gasteiger partial charge in [-0.15, -0.1) is 0 Å². The number of carbonyl (C=O) groups is 5. The van der Waals surface area contributed by atoms with Crippen molar-refractivity contribution in [3.8, 4) is 5.75 Å². The summed E-state index contributed by atoms with van der Waals surface area (Å²) in [5, 5.41) is 11.1. The van der Waals surface area contributed by atoms with Crippen LogP contribution in [-0.4, -0.2) is 47.1 Å². The maximum Gasteiger partial charge on any atom is 0.450 e. The van der Waals surface area contributed by atoms with Crippen molar-refractivity contribution in [2.75, 3.05) is 6.61 Å². The molecule has 3 rings (SSSR count). The zero-order valence-corrected chi connectivity index (χ0v) is 27.4. The first-order valence-electron chi connectivity index (χ1n) is 15.1. The van der Waals surface area contributed by atoms with E-state index in [1.165, 1.54) is 62.4 Å². The van der Waals surface area contributed by atoms with E-state index in [2.05, 4.69) is 5.32 Å². The molecule has 0 aliphatic rings. The molecule has 0 aliphatic heterocycles. The summed E-state index contributed by atoms with van der Waals surface area (Å²) in [6.45, 7) is 1.86. The van der Waals surface area contributed by atoms with E-state index >= 15 is 8.78 Å². The Morgan fingerprint density at radius 1 is 0.880 bits per heavy atom. The number of Topliss-reactive ketones (excluding diaryl/α,β-unsaturated/α-hetero) is 3. The molecule has 3 atom stereocenters. The van der Waals surface area contributed by atoms with Crippen molar-refractivity contribution < 1.29 is 60.2 Å². The van der Waals surface area contributed by atoms with Crippen molar-refractivity contribution >= 4 is 40.8 Å². The van der Waals surface area contributed by atoms with E-state index in [1.54, 1.807) is 0 Å². The molecule has 0 spiro atoms. The van der Waals surface area contributed by atoms with Crippen LogP contribution in [0.25, 0.3) is 0 Å². The van der Waals surface area contributed by atoms with Gasteiger partial charge in [-0.3, -0.25) is 19.2 Å². The van der Waals surface area contributed by atoms with Crippen molar-refractivity contribution in [2.45, 2.75) is 51.3 Å². The Bertz CT molecular complexity index is 1710. The lowest BCUT2D eigenvalue weighted by Gasteiger charge is -2.26. The number of ketones is 3. The number of aliphatic carboxylic acids is 1. The van der Waals surface area contributed by atoms with Crippen molar-refractivity contribution in [3.63, 3.8) is 0 Å². The fourth-order valence-corrected chi connectivity index (χ4v) is 5.28. The van der Waals surface area contributed by atoms with Gasteiger partial charge in [0.25, 0.3) is 0 Å². The highest BCUT2D eigenvalue weighted by Crippen LogP contribution is 2.34. The standard InChI is InChI=1S/C35H32ClF6NO7/c1-19(2)27(32(48)35(40,41)42)17-28(44)31(21-9-11-26(12-10-21)50-18-30(46)47)43-33(49)22(13-20-5-3-8-25(37)14-20)15-29(45)34(38,39)23-6-4-7-24(36)16-23/h3-12,14,16,19,22,27,31H,13,15,17-18H2,1-2H3,(H,43,49)(H,46,47)/t22-,27+,31+/m1/s1. The molecule has 3 aromatic rings. The molecule has 0 aromatic heterocycles. The zero-order chi connectivity index (χ0) is 37.4. The summed E-state index contributed by atoms with van der Waals surface area (Å²) >= 11 is 5.83. The fraction of sp³-hybridized carbons (Fsp3) is 0.343. The van der Waals surface area contributed by atoms with Crippen LogP contribution in [0.1, 0.15) is 49.4 Å². The van der Waals surface area contributed by atoms with Crippen LogP contribution in [0.2, 0.25) is 5.02 Å². The Hall–Kier alpha value is -4.72. The monoisotopic (exact) mass is 727 g/mol. The molecule has 0 unspecified atom stereocenters. The molecule has 0 aliphatic carbocycles. The van der Waals surface area contributed by atoms with Crippen molar-refractivity contribution in [1.29, 1.82) is 0 Å². The molecule has 3 aromatic carbocycles. The summed E-state index contributed by atoms with van der Waals surface area (Å²) in [4.78, 5) is 63.6. The van der Waals surface area contributed by atoms with Gasteiger partial charge in [-0.1, -0.05) is 61.8 Å². The van der Waals surface area contributed by atoms with Gasteiger partial charge in [-0.2, -0.15) is 22.0 Å². The number of carboxylic acids is 1. The number of rotatable bonds is 17. The molecular formula is C35H32ClF6NO7. The van der Waals surface area contributed by atoms with Crippen LogP contribution in [-0.2, 0) is 36.3 Å². The minimum atomic E-state index is -5.28. The van der Waals surface area contributed by atoms with Crippen LogP contribution in [0.3, 0.4) is 0 Å². The molecule has 0 fully saturated rings. The van der Waals surface area contributed by atoms with E-state index in [0.717, 1.165) is 24.3 Å². The van der Waals surface area contributed by atoms with Crippen LogP contribution in [0.15, 0.2) is 72.8 Å². The minimum Gasteiger partial charge on any atom is -0.482 e. The van der Waals surface area contributed by atoms with Gasteiger partial charge >= 0.3 is 18.1 Å². The Morgan fingerprint density at radius 2 is 1.52 bits per heavy atom. The Labute approximate surface area is 287 Å². The fourth-order valence-electron chi connectivity index (χ4n) is 5.09. The third kappa shape index (κ3) is 10.9. The van der Waals surface area contributed by atoms with Gasteiger partial charge < -0.3 is 15.2 Å². The second-order valence-corrected chi connectivity index (χ2v) is 12.3. The number of halogens is 7. The molecule has 2 N–H and O–H groups in total. The number of ether oxygens (including phenoxy) is 1. The predicted molar refractivity (Wildman–Crippen MR) is 168 cm³/mol. The van der Waals surface area contributed by atoms with Crippen molar-refractivity contribution in [3.05, 3.63) is 100 Å². The lowest BCUT2D eigenvalue weighted by Crippen LogP contribution is -2.42. The highest BCUT2D eigenvalue weighted by atomic mass is 35.5. The molecule has 50 heavy (non-hydrogen) atoms. The second kappa shape index (κ2) is 16.8. The van der Waals surface area contributed by atoms with Gasteiger partial charge in [-0.05, 0) is 59.9 Å². The molecular weight excluding hydrogens is 696 g/mol. The number of amides is 1. The third-order valence-electron chi connectivity index (χ3n) is 7.74. The number of hydrogen-bond acceptors (Lipinski definition) is 6. The van der Waals surface area contributed by atoms with Gasteiger partial charge in [0.15, 0.2) is 12.4 Å². The SMILES string of the molecule is CC(C)[C@H](CC(=O)[C@@H](NC(=O)[C@@H](CC(=O)C(F)(F)c1cccc(Cl)c1)Cc1cccc(F)c1)c1ccc(OCC(=O)O)cc1)C(=O)C(F)(F)F. The molecule has 15 heteroatoms. The molecule has 8 nitrogen and oxygen atoms in total. The summed E-state index contributed by atoms with van der Waals surface area (Å²) in [6, 6.07) is 12.1. The lowest BCUT2D eigenvalue weighted by atomic mass is 9.83. The summed E-state index contributed by atoms with van der Waals surface area (Å²) in [5.74, 6) is -16.7. The number of alkyl halides is 5. The Balaban J connectivity index is 2.02. The highest BCUT2D eigenvalue weighted by molar-refractivity contribution is 6.30. The quantitative estimate of drug-likeness (QED) is 0.143. The van der Waals surface area contributed by atoms with Gasteiger partial charge in [-0.25, -0.2) is 9.18 Å². The van der Waals surface area contributed by atoms with Crippen molar-refractivity contribution in [2.24, 2.45) is 17.8 Å². The summed E-state index contributed by atoms with van der Waals surface area (Å²) < 4.78 is 90.0. The van der Waals surface area contributed by atoms with Crippen LogP contribution in [0.4, 0.5) is 26.3 Å². The lowest BCUT2D eigenvalue weighted by molar-refractivity contribution is -0.177. The maximum absolute atomic E-state index is 15.3. The number of benzene rings is 3. The predicted octanol–water partition coefficient (Wildman–Crippen LogP) is 7.07. The summed E-state index contributed by atoms with van der Waals surface area (Å²) in [7, 11) is 0. The first-order chi connectivity index (χ1) is 23.3. The van der Waals surface area contributed by atoms with Crippen LogP contribution < -0.4 is 10.1 Å². The first-order valence-corrected chi connectivity index (χ1v) is 15.5. The third-order valence-corrected chi connectivity index (χ3v) is 7.97. The topological polar surface area (TPSA) is 127 Å².